The number of hydrogen-bond acceptors (Lipinski definition) is 3. The van der Waals surface area contributed by atoms with E-state index < -0.39 is 15.9 Å². The van der Waals surface area contributed by atoms with Crippen LogP contribution in [0.2, 0.25) is 0 Å². The van der Waals surface area contributed by atoms with Gasteiger partial charge in [0.1, 0.15) is 0 Å². The summed E-state index contributed by atoms with van der Waals surface area (Å²) in [7, 11) is -5.32. The minimum absolute atomic E-state index is 0. The molecule has 0 unspecified atom stereocenters. The van der Waals surface area contributed by atoms with Crippen molar-refractivity contribution >= 4 is 10.1 Å². The third-order valence-corrected chi connectivity index (χ3v) is 0.655. The molecule has 0 radical (unpaired) electrons. The van der Waals surface area contributed by atoms with Gasteiger partial charge in [-0.3, -0.25) is 0 Å². The first-order chi connectivity index (χ1) is 2.94. The van der Waals surface area contributed by atoms with E-state index in [9.17, 15) is 8.78 Å². The monoisotopic (exact) mass is 138 g/mol. The number of hydrogen-bond donors (Lipinski definition) is 0. The molecular formula is CHF2LiO3S. The molecule has 44 valence electrons. The first-order valence-electron chi connectivity index (χ1n) is 1.17. The predicted molar refractivity (Wildman–Crippen MR) is 15.7 cm³/mol. The summed E-state index contributed by atoms with van der Waals surface area (Å²) in [6.45, 7) is 0. The summed E-state index contributed by atoms with van der Waals surface area (Å²) in [6, 6.07) is 0. The van der Waals surface area contributed by atoms with E-state index in [1.807, 2.05) is 0 Å². The van der Waals surface area contributed by atoms with Crippen LogP contribution in [0.4, 0.5) is 8.78 Å². The fraction of sp³-hybridized carbons (Fsp3) is 1.00. The molecule has 0 amide bonds. The van der Waals surface area contributed by atoms with E-state index in [0.29, 0.717) is 0 Å². The fourth-order valence-electron chi connectivity index (χ4n) is 0. The van der Waals surface area contributed by atoms with Gasteiger partial charge >= 0.3 is 24.6 Å². The van der Waals surface area contributed by atoms with Gasteiger partial charge in [0.25, 0.3) is 0 Å². The zero-order valence-corrected chi connectivity index (χ0v) is 4.78. The van der Waals surface area contributed by atoms with Gasteiger partial charge in [0.05, 0.1) is 0 Å². The Labute approximate surface area is 57.0 Å². The molecule has 0 heterocycles. The summed E-state index contributed by atoms with van der Waals surface area (Å²) >= 11 is 0. The van der Waals surface area contributed by atoms with Gasteiger partial charge in [-0.2, -0.15) is 8.78 Å². The van der Waals surface area contributed by atoms with Crippen LogP contribution in [0.5, 0.6) is 0 Å². The van der Waals surface area contributed by atoms with Crippen LogP contribution >= 0.6 is 0 Å². The minimum atomic E-state index is -5.32. The third kappa shape index (κ3) is 4.52. The van der Waals surface area contributed by atoms with Crippen LogP contribution in [-0.4, -0.2) is 18.7 Å². The second-order valence-corrected chi connectivity index (χ2v) is 2.10. The van der Waals surface area contributed by atoms with E-state index in [2.05, 4.69) is 0 Å². The minimum Gasteiger partial charge on any atom is -0.744 e. The van der Waals surface area contributed by atoms with Crippen molar-refractivity contribution in [1.29, 1.82) is 0 Å². The standard InChI is InChI=1S/CH2F2O3S.Li/c2-1(3)7(4,5)6;/h1H,(H,4,5,6);/q;+1/p-1. The van der Waals surface area contributed by atoms with Crippen LogP contribution in [-0.2, 0) is 10.1 Å². The molecule has 7 heteroatoms. The maximum absolute atomic E-state index is 10.6. The fourth-order valence-corrected chi connectivity index (χ4v) is 0. The van der Waals surface area contributed by atoms with Crippen molar-refractivity contribution in [2.75, 3.05) is 0 Å². The summed E-state index contributed by atoms with van der Waals surface area (Å²) in [4.78, 5) is 0. The Hall–Kier alpha value is 0.367. The molecule has 3 nitrogen and oxygen atoms in total. The van der Waals surface area contributed by atoms with Gasteiger partial charge < -0.3 is 4.55 Å². The van der Waals surface area contributed by atoms with Gasteiger partial charge in [0, 0.05) is 0 Å². The number of alkyl halides is 2. The van der Waals surface area contributed by atoms with Gasteiger partial charge in [-0.1, -0.05) is 0 Å². The van der Waals surface area contributed by atoms with Crippen molar-refractivity contribution in [3.05, 3.63) is 0 Å². The molecule has 0 bridgehead atoms. The third-order valence-electron chi connectivity index (χ3n) is 0.218. The Balaban J connectivity index is 0. The number of rotatable bonds is 1. The molecule has 0 aromatic carbocycles. The number of halogens is 2. The topological polar surface area (TPSA) is 57.2 Å². The molecule has 0 saturated carbocycles. The van der Waals surface area contributed by atoms with Gasteiger partial charge in [-0.25, -0.2) is 8.42 Å². The molecule has 0 rings (SSSR count). The van der Waals surface area contributed by atoms with Gasteiger partial charge in [-0.15, -0.1) is 0 Å². The van der Waals surface area contributed by atoms with E-state index in [4.69, 9.17) is 13.0 Å². The molecule has 0 aliphatic rings. The molecule has 0 aliphatic heterocycles. The average Bonchev–Trinajstić information content (AvgIpc) is 1.31. The molecule has 0 spiro atoms. The largest absolute Gasteiger partial charge is 1.00 e. The van der Waals surface area contributed by atoms with E-state index in [1.165, 1.54) is 0 Å². The molecule has 0 aromatic heterocycles. The van der Waals surface area contributed by atoms with E-state index >= 15 is 0 Å². The molecule has 8 heavy (non-hydrogen) atoms. The summed E-state index contributed by atoms with van der Waals surface area (Å²) in [6.07, 6.45) is 0. The Bertz CT molecular complexity index is 139. The summed E-state index contributed by atoms with van der Waals surface area (Å²) in [5, 5.41) is 0. The van der Waals surface area contributed by atoms with Crippen molar-refractivity contribution in [2.45, 2.75) is 5.76 Å². The quantitative estimate of drug-likeness (QED) is 0.282. The molecular weight excluding hydrogens is 137 g/mol. The zero-order valence-electron chi connectivity index (χ0n) is 3.97. The van der Waals surface area contributed by atoms with E-state index in [-0.39, 0.29) is 18.9 Å². The van der Waals surface area contributed by atoms with E-state index in [0.717, 1.165) is 0 Å². The second-order valence-electron chi connectivity index (χ2n) is 0.753. The van der Waals surface area contributed by atoms with Crippen molar-refractivity contribution in [1.82, 2.24) is 0 Å². The predicted octanol–water partition coefficient (Wildman–Crippen LogP) is -3.24. The van der Waals surface area contributed by atoms with Crippen LogP contribution in [0.15, 0.2) is 0 Å². The molecule has 0 aliphatic carbocycles. The summed E-state index contributed by atoms with van der Waals surface area (Å²) in [5.74, 6) is -3.78. The normalized spacial score (nSPS) is 11.0. The van der Waals surface area contributed by atoms with Crippen molar-refractivity contribution in [3.8, 4) is 0 Å². The van der Waals surface area contributed by atoms with Crippen LogP contribution in [0.3, 0.4) is 0 Å². The van der Waals surface area contributed by atoms with Crippen molar-refractivity contribution < 1.29 is 40.6 Å². The summed E-state index contributed by atoms with van der Waals surface area (Å²) < 4.78 is 48.4. The zero-order chi connectivity index (χ0) is 6.08. The van der Waals surface area contributed by atoms with Crippen LogP contribution in [0, 0.1) is 0 Å². The van der Waals surface area contributed by atoms with Crippen LogP contribution in [0.1, 0.15) is 0 Å². The Morgan fingerprint density at radius 1 is 1.38 bits per heavy atom. The maximum Gasteiger partial charge on any atom is 1.00 e. The Kier molecular flexibility index (Phi) is 4.77. The molecule has 0 N–H and O–H groups in total. The van der Waals surface area contributed by atoms with Crippen LogP contribution < -0.4 is 18.9 Å². The molecule has 0 saturated heterocycles. The first-order valence-corrected chi connectivity index (χ1v) is 2.64. The maximum atomic E-state index is 10.6. The second kappa shape index (κ2) is 3.40. The Morgan fingerprint density at radius 3 is 1.50 bits per heavy atom. The molecule has 0 atom stereocenters. The smallest absolute Gasteiger partial charge is 0.744 e. The molecule has 0 fully saturated rings. The van der Waals surface area contributed by atoms with Crippen LogP contribution in [0.25, 0.3) is 0 Å². The van der Waals surface area contributed by atoms with Crippen molar-refractivity contribution in [2.24, 2.45) is 0 Å². The SMILES string of the molecule is O=S(=O)([O-])C(F)F.[Li+]. The summed E-state index contributed by atoms with van der Waals surface area (Å²) in [5.41, 5.74) is 0. The van der Waals surface area contributed by atoms with Gasteiger partial charge in [-0.05, 0) is 0 Å². The average molecular weight is 138 g/mol. The first kappa shape index (κ1) is 11.2. The van der Waals surface area contributed by atoms with Gasteiger partial charge in [0.15, 0.2) is 10.1 Å². The van der Waals surface area contributed by atoms with Crippen molar-refractivity contribution in [3.63, 3.8) is 0 Å². The Morgan fingerprint density at radius 2 is 1.50 bits per heavy atom. The van der Waals surface area contributed by atoms with Gasteiger partial charge in [0.2, 0.25) is 0 Å². The van der Waals surface area contributed by atoms with E-state index in [1.54, 1.807) is 0 Å². The molecule has 0 aromatic rings.